The lowest BCUT2D eigenvalue weighted by molar-refractivity contribution is -0.114. The minimum Gasteiger partial charge on any atom is -0.507 e. The number of nitrogens with one attached hydrogen (secondary N) is 2. The number of hydrogen-bond donors (Lipinski definition) is 3. The number of hydrogen-bond acceptors (Lipinski definition) is 9. The van der Waals surface area contributed by atoms with Crippen LogP contribution in [0.5, 0.6) is 11.5 Å². The molecule has 0 atom stereocenters. The summed E-state index contributed by atoms with van der Waals surface area (Å²) >= 11 is 0. The summed E-state index contributed by atoms with van der Waals surface area (Å²) in [5.74, 6) is 0.685. The number of phenols is 1. The Morgan fingerprint density at radius 2 is 1.84 bits per heavy atom. The zero-order valence-corrected chi connectivity index (χ0v) is 26.0. The van der Waals surface area contributed by atoms with E-state index in [4.69, 9.17) is 9.72 Å². The van der Waals surface area contributed by atoms with E-state index in [9.17, 15) is 14.7 Å². The highest BCUT2D eigenvalue weighted by Crippen LogP contribution is 2.38. The van der Waals surface area contributed by atoms with Crippen molar-refractivity contribution in [3.05, 3.63) is 84.2 Å². The monoisotopic (exact) mass is 607 g/mol. The number of amides is 1. The number of phenolic OH excluding ortho intramolecular Hbond substituents is 1. The van der Waals surface area contributed by atoms with Gasteiger partial charge in [-0.25, -0.2) is 9.97 Å². The van der Waals surface area contributed by atoms with Crippen LogP contribution < -0.4 is 20.3 Å². The van der Waals surface area contributed by atoms with Crippen molar-refractivity contribution in [2.75, 3.05) is 56.9 Å². The Hall–Kier alpha value is -5.42. The molecule has 0 aliphatic carbocycles. The Balaban J connectivity index is 1.50. The average molecular weight is 608 g/mol. The highest BCUT2D eigenvalue weighted by Gasteiger charge is 2.18. The summed E-state index contributed by atoms with van der Waals surface area (Å²) in [6.07, 6.45) is 4.35. The Labute approximate surface area is 262 Å². The summed E-state index contributed by atoms with van der Waals surface area (Å²) in [4.78, 5) is 37.3. The van der Waals surface area contributed by atoms with Gasteiger partial charge in [0.2, 0.25) is 11.9 Å². The number of methoxy groups -OCH3 is 1. The number of ether oxygens (including phenoxy) is 1. The van der Waals surface area contributed by atoms with Crippen LogP contribution in [0.3, 0.4) is 0 Å². The van der Waals surface area contributed by atoms with Gasteiger partial charge in [-0.2, -0.15) is 0 Å². The van der Waals surface area contributed by atoms with Crippen LogP contribution in [0.1, 0.15) is 22.8 Å². The van der Waals surface area contributed by atoms with Crippen LogP contribution in [0, 0.1) is 0 Å². The number of likely N-dealkylation sites (N-methyl/N-ethyl adjacent to an activating group) is 2. The summed E-state index contributed by atoms with van der Waals surface area (Å²) in [5, 5.41) is 17.4. The van der Waals surface area contributed by atoms with Crippen LogP contribution in [-0.4, -0.2) is 78.1 Å². The maximum absolute atomic E-state index is 12.1. The van der Waals surface area contributed by atoms with Crippen LogP contribution in [0.4, 0.5) is 23.0 Å². The van der Waals surface area contributed by atoms with Gasteiger partial charge < -0.3 is 34.8 Å². The van der Waals surface area contributed by atoms with E-state index in [1.807, 2.05) is 80.4 Å². The third-order valence-corrected chi connectivity index (χ3v) is 7.52. The molecule has 45 heavy (non-hydrogen) atoms. The fraction of sp³-hybridized carbons (Fsp3) is 0.235. The quantitative estimate of drug-likeness (QED) is 0.161. The third kappa shape index (κ3) is 6.89. The van der Waals surface area contributed by atoms with Gasteiger partial charge in [-0.15, -0.1) is 0 Å². The van der Waals surface area contributed by atoms with Crippen LogP contribution in [0.15, 0.2) is 73.1 Å². The molecule has 0 unspecified atom stereocenters. The van der Waals surface area contributed by atoms with E-state index in [2.05, 4.69) is 25.4 Å². The lowest BCUT2D eigenvalue weighted by atomic mass is 10.1. The summed E-state index contributed by atoms with van der Waals surface area (Å²) in [6, 6.07) is 18.6. The first kappa shape index (κ1) is 31.0. The fourth-order valence-corrected chi connectivity index (χ4v) is 5.24. The largest absolute Gasteiger partial charge is 0.507 e. The summed E-state index contributed by atoms with van der Waals surface area (Å²) in [6.45, 7) is 3.44. The summed E-state index contributed by atoms with van der Waals surface area (Å²) < 4.78 is 7.78. The fourth-order valence-electron chi connectivity index (χ4n) is 5.24. The molecule has 1 amide bonds. The summed E-state index contributed by atoms with van der Waals surface area (Å²) in [5.41, 5.74) is 5.55. The molecular weight excluding hydrogens is 570 g/mol. The lowest BCUT2D eigenvalue weighted by Crippen LogP contribution is -2.29. The number of nitrogens with zero attached hydrogens (tertiary/aromatic N) is 5. The highest BCUT2D eigenvalue weighted by atomic mass is 16.5. The molecule has 0 saturated carbocycles. The molecule has 0 radical (unpaired) electrons. The minimum absolute atomic E-state index is 0.0453. The molecule has 0 fully saturated rings. The molecule has 11 heteroatoms. The normalized spacial score (nSPS) is 11.1. The number of fused-ring (bicyclic) bond motifs is 1. The number of aromatic hydroxyl groups is 1. The van der Waals surface area contributed by atoms with E-state index in [1.165, 1.54) is 13.0 Å². The first-order valence-corrected chi connectivity index (χ1v) is 14.5. The Morgan fingerprint density at radius 1 is 1.04 bits per heavy atom. The number of aromatic nitrogens is 3. The first-order chi connectivity index (χ1) is 21.7. The second-order valence-electron chi connectivity index (χ2n) is 11.0. The molecule has 2 heterocycles. The molecule has 232 valence electrons. The smallest absolute Gasteiger partial charge is 0.227 e. The van der Waals surface area contributed by atoms with E-state index >= 15 is 0 Å². The van der Waals surface area contributed by atoms with Gasteiger partial charge in [0.25, 0.3) is 0 Å². The number of rotatable bonds is 12. The molecule has 0 aliphatic rings. The zero-order chi connectivity index (χ0) is 32.1. The SMILES string of the molecule is COc1cc(N(C)CCN(C)C)c(NC(C)=O)cc1Nc1nccc(-c2cn(Cc3cccc(O)c3C=O)c3ccccc23)n1. The van der Waals surface area contributed by atoms with Crippen LogP contribution in [-0.2, 0) is 11.3 Å². The van der Waals surface area contributed by atoms with Gasteiger partial charge >= 0.3 is 0 Å². The van der Waals surface area contributed by atoms with E-state index in [1.54, 1.807) is 19.4 Å². The number of benzene rings is 3. The number of para-hydroxylation sites is 1. The lowest BCUT2D eigenvalue weighted by Gasteiger charge is -2.25. The van der Waals surface area contributed by atoms with Crippen molar-refractivity contribution in [2.45, 2.75) is 13.5 Å². The molecule has 5 aromatic rings. The highest BCUT2D eigenvalue weighted by molar-refractivity contribution is 5.96. The Bertz CT molecular complexity index is 1850. The number of carbonyl (C=O) groups excluding carboxylic acids is 2. The maximum atomic E-state index is 12.1. The average Bonchev–Trinajstić information content (AvgIpc) is 3.38. The van der Waals surface area contributed by atoms with Crippen molar-refractivity contribution < 1.29 is 19.4 Å². The van der Waals surface area contributed by atoms with Gasteiger partial charge in [0, 0.05) is 68.5 Å². The molecule has 5 rings (SSSR count). The maximum Gasteiger partial charge on any atom is 0.227 e. The van der Waals surface area contributed by atoms with Gasteiger partial charge in [0.15, 0.2) is 6.29 Å². The van der Waals surface area contributed by atoms with Crippen molar-refractivity contribution in [1.29, 1.82) is 0 Å². The van der Waals surface area contributed by atoms with Crippen LogP contribution in [0.25, 0.3) is 22.2 Å². The number of anilines is 4. The second kappa shape index (κ2) is 13.5. The van der Waals surface area contributed by atoms with Crippen molar-refractivity contribution in [3.63, 3.8) is 0 Å². The molecule has 3 N–H and O–H groups in total. The number of carbonyl (C=O) groups is 2. The molecule has 0 bridgehead atoms. The van der Waals surface area contributed by atoms with Crippen molar-refractivity contribution in [2.24, 2.45) is 0 Å². The van der Waals surface area contributed by atoms with Crippen molar-refractivity contribution in [1.82, 2.24) is 19.4 Å². The van der Waals surface area contributed by atoms with Crippen molar-refractivity contribution >= 4 is 46.1 Å². The van der Waals surface area contributed by atoms with Gasteiger partial charge in [0.1, 0.15) is 11.5 Å². The molecule has 2 aromatic heterocycles. The third-order valence-electron chi connectivity index (χ3n) is 7.52. The topological polar surface area (TPSA) is 125 Å². The van der Waals surface area contributed by atoms with Crippen LogP contribution >= 0.6 is 0 Å². The van der Waals surface area contributed by atoms with Gasteiger partial charge in [0.05, 0.1) is 35.4 Å². The zero-order valence-electron chi connectivity index (χ0n) is 26.0. The predicted molar refractivity (Wildman–Crippen MR) is 178 cm³/mol. The van der Waals surface area contributed by atoms with Gasteiger partial charge in [-0.1, -0.05) is 30.3 Å². The van der Waals surface area contributed by atoms with Gasteiger partial charge in [-0.05, 0) is 43.9 Å². The molecular formula is C34H37N7O4. The van der Waals surface area contributed by atoms with E-state index < -0.39 is 0 Å². The Kier molecular flexibility index (Phi) is 9.29. The van der Waals surface area contributed by atoms with Gasteiger partial charge in [-0.3, -0.25) is 9.59 Å². The number of aldehydes is 1. The molecule has 0 spiro atoms. The van der Waals surface area contributed by atoms with Crippen molar-refractivity contribution in [3.8, 4) is 22.8 Å². The Morgan fingerprint density at radius 3 is 2.58 bits per heavy atom. The molecule has 0 saturated heterocycles. The second-order valence-corrected chi connectivity index (χ2v) is 11.0. The first-order valence-electron chi connectivity index (χ1n) is 14.5. The molecule has 11 nitrogen and oxygen atoms in total. The van der Waals surface area contributed by atoms with E-state index in [-0.39, 0.29) is 17.2 Å². The molecule has 0 aliphatic heterocycles. The van der Waals surface area contributed by atoms with Crippen LogP contribution in [0.2, 0.25) is 0 Å². The predicted octanol–water partition coefficient (Wildman–Crippen LogP) is 5.37. The minimum atomic E-state index is -0.186. The summed E-state index contributed by atoms with van der Waals surface area (Å²) in [7, 11) is 7.60. The van der Waals surface area contributed by atoms with E-state index in [0.29, 0.717) is 47.2 Å². The standard InChI is InChI=1S/C34H37N7O4/c1-22(43)36-28-17-29(33(45-5)18-31(28)40(4)16-15-39(2)3)38-34-35-14-13-27(37-34)25-20-41(30-11-7-6-10-24(25)30)19-23-9-8-12-32(44)26(23)21-42/h6-14,17-18,20-21,44H,15-16,19H2,1-5H3,(H,36,43)(H,35,37,38). The molecule has 3 aromatic carbocycles. The van der Waals surface area contributed by atoms with E-state index in [0.717, 1.165) is 35.2 Å².